The van der Waals surface area contributed by atoms with E-state index in [1.165, 1.54) is 11.8 Å². The Labute approximate surface area is 231 Å². The molecule has 3 amide bonds. The summed E-state index contributed by atoms with van der Waals surface area (Å²) in [7, 11) is 1.55. The van der Waals surface area contributed by atoms with E-state index in [0.29, 0.717) is 22.7 Å². The van der Waals surface area contributed by atoms with E-state index in [1.54, 1.807) is 67.8 Å². The molecule has 0 fully saturated rings. The van der Waals surface area contributed by atoms with Crippen LogP contribution in [-0.2, 0) is 9.59 Å². The molecule has 0 aliphatic rings. The number of nitrogens with one attached hydrogen (secondary N) is 3. The van der Waals surface area contributed by atoms with Gasteiger partial charge in [0.25, 0.3) is 11.8 Å². The molecule has 0 saturated heterocycles. The van der Waals surface area contributed by atoms with Gasteiger partial charge in [0, 0.05) is 16.1 Å². The summed E-state index contributed by atoms with van der Waals surface area (Å²) in [5, 5.41) is 8.43. The highest BCUT2D eigenvalue weighted by Crippen LogP contribution is 2.25. The molecule has 7 nitrogen and oxygen atoms in total. The van der Waals surface area contributed by atoms with Crippen LogP contribution in [0.25, 0.3) is 6.08 Å². The van der Waals surface area contributed by atoms with Crippen LogP contribution in [0.5, 0.6) is 5.75 Å². The summed E-state index contributed by atoms with van der Waals surface area (Å²) >= 11 is 1.33. The molecule has 0 spiro atoms. The Morgan fingerprint density at radius 2 is 1.49 bits per heavy atom. The third kappa shape index (κ3) is 8.08. The first-order valence-corrected chi connectivity index (χ1v) is 13.1. The minimum absolute atomic E-state index is 0.101. The van der Waals surface area contributed by atoms with E-state index in [2.05, 4.69) is 16.0 Å². The van der Waals surface area contributed by atoms with Gasteiger partial charge in [-0.3, -0.25) is 14.4 Å². The molecule has 0 heterocycles. The van der Waals surface area contributed by atoms with Crippen molar-refractivity contribution in [3.63, 3.8) is 0 Å². The lowest BCUT2D eigenvalue weighted by Gasteiger charge is -2.12. The molecule has 0 unspecified atom stereocenters. The maximum atomic E-state index is 13.2. The number of carbonyl (C=O) groups excluding carboxylic acids is 3. The number of rotatable bonds is 10. The number of amides is 3. The number of thioether (sulfide) groups is 1. The van der Waals surface area contributed by atoms with Gasteiger partial charge >= 0.3 is 0 Å². The van der Waals surface area contributed by atoms with E-state index in [1.807, 2.05) is 54.6 Å². The van der Waals surface area contributed by atoms with Crippen LogP contribution in [0.2, 0.25) is 0 Å². The van der Waals surface area contributed by atoms with Crippen molar-refractivity contribution in [2.75, 3.05) is 23.5 Å². The second-order valence-corrected chi connectivity index (χ2v) is 9.36. The van der Waals surface area contributed by atoms with Crippen LogP contribution < -0.4 is 20.7 Å². The average Bonchev–Trinajstić information content (AvgIpc) is 2.97. The Hall–Kier alpha value is -4.82. The van der Waals surface area contributed by atoms with Crippen LogP contribution in [0.3, 0.4) is 0 Å². The fourth-order valence-corrected chi connectivity index (χ4v) is 4.36. The minimum atomic E-state index is -0.473. The number of hydrogen-bond acceptors (Lipinski definition) is 5. The molecule has 4 rings (SSSR count). The Balaban J connectivity index is 1.43. The van der Waals surface area contributed by atoms with Crippen molar-refractivity contribution in [1.29, 1.82) is 0 Å². The zero-order chi connectivity index (χ0) is 27.5. The molecule has 0 bridgehead atoms. The topological polar surface area (TPSA) is 96.5 Å². The number of hydrogen-bond donors (Lipinski definition) is 3. The lowest BCUT2D eigenvalue weighted by atomic mass is 10.1. The maximum absolute atomic E-state index is 13.2. The number of para-hydroxylation sites is 2. The number of carbonyl (C=O) groups is 3. The van der Waals surface area contributed by atoms with Crippen molar-refractivity contribution in [2.45, 2.75) is 4.90 Å². The lowest BCUT2D eigenvalue weighted by molar-refractivity contribution is -0.114. The molecule has 3 N–H and O–H groups in total. The SMILES string of the molecule is COc1ccccc1NC(=O)CSc1cccc(NC(=O)/C(=C/c2ccccc2)NC(=O)c2ccccc2)c1. The fraction of sp³-hybridized carbons (Fsp3) is 0.0645. The lowest BCUT2D eigenvalue weighted by Crippen LogP contribution is -2.30. The minimum Gasteiger partial charge on any atom is -0.495 e. The van der Waals surface area contributed by atoms with Crippen molar-refractivity contribution in [3.05, 3.63) is 126 Å². The standard InChI is InChI=1S/C31H27N3O4S/c1-38-28-18-9-8-17-26(28)33-29(35)21-39-25-16-10-15-24(20-25)32-31(37)27(19-22-11-4-2-5-12-22)34-30(36)23-13-6-3-7-14-23/h2-20H,21H2,1H3,(H,32,37)(H,33,35)(H,34,36)/b27-19-. The van der Waals surface area contributed by atoms with Crippen molar-refractivity contribution in [3.8, 4) is 5.75 Å². The third-order valence-electron chi connectivity index (χ3n) is 5.48. The van der Waals surface area contributed by atoms with Crippen LogP contribution in [0.15, 0.2) is 120 Å². The molecule has 0 aliphatic carbocycles. The van der Waals surface area contributed by atoms with Crippen molar-refractivity contribution < 1.29 is 19.1 Å². The summed E-state index contributed by atoms with van der Waals surface area (Å²) in [4.78, 5) is 39.3. The molecular formula is C31H27N3O4S. The smallest absolute Gasteiger partial charge is 0.272 e. The highest BCUT2D eigenvalue weighted by atomic mass is 32.2. The second kappa shape index (κ2) is 13.6. The zero-order valence-electron chi connectivity index (χ0n) is 21.2. The Morgan fingerprint density at radius 1 is 0.795 bits per heavy atom. The van der Waals surface area contributed by atoms with Gasteiger partial charge in [0.2, 0.25) is 5.91 Å². The van der Waals surface area contributed by atoms with Gasteiger partial charge in [-0.1, -0.05) is 66.7 Å². The van der Waals surface area contributed by atoms with Crippen molar-refractivity contribution >= 4 is 46.9 Å². The van der Waals surface area contributed by atoms with E-state index in [-0.39, 0.29) is 17.4 Å². The van der Waals surface area contributed by atoms with Crippen LogP contribution in [-0.4, -0.2) is 30.6 Å². The fourth-order valence-electron chi connectivity index (χ4n) is 3.60. The quantitative estimate of drug-likeness (QED) is 0.175. The highest BCUT2D eigenvalue weighted by Gasteiger charge is 2.15. The van der Waals surface area contributed by atoms with Crippen molar-refractivity contribution in [1.82, 2.24) is 5.32 Å². The number of anilines is 2. The molecule has 0 saturated carbocycles. The monoisotopic (exact) mass is 537 g/mol. The molecule has 0 atom stereocenters. The highest BCUT2D eigenvalue weighted by molar-refractivity contribution is 8.00. The second-order valence-electron chi connectivity index (χ2n) is 8.31. The van der Waals surface area contributed by atoms with E-state index in [9.17, 15) is 14.4 Å². The summed E-state index contributed by atoms with van der Waals surface area (Å²) in [5.41, 5.74) is 2.43. The molecule has 4 aromatic carbocycles. The van der Waals surface area contributed by atoms with Crippen LogP contribution in [0.4, 0.5) is 11.4 Å². The van der Waals surface area contributed by atoms with E-state index < -0.39 is 11.8 Å². The van der Waals surface area contributed by atoms with Crippen LogP contribution in [0, 0.1) is 0 Å². The van der Waals surface area contributed by atoms with Gasteiger partial charge < -0.3 is 20.7 Å². The van der Waals surface area contributed by atoms with E-state index in [0.717, 1.165) is 10.5 Å². The maximum Gasteiger partial charge on any atom is 0.272 e. The van der Waals surface area contributed by atoms with Gasteiger partial charge in [0.05, 0.1) is 18.6 Å². The molecular weight excluding hydrogens is 510 g/mol. The predicted molar refractivity (Wildman–Crippen MR) is 156 cm³/mol. The first-order valence-electron chi connectivity index (χ1n) is 12.1. The van der Waals surface area contributed by atoms with Gasteiger partial charge in [0.15, 0.2) is 0 Å². The average molecular weight is 538 g/mol. The molecule has 0 radical (unpaired) electrons. The molecule has 39 heavy (non-hydrogen) atoms. The Morgan fingerprint density at radius 3 is 2.23 bits per heavy atom. The first kappa shape index (κ1) is 27.2. The Bertz CT molecular complexity index is 1470. The van der Waals surface area contributed by atoms with Gasteiger partial charge in [-0.25, -0.2) is 0 Å². The number of benzene rings is 4. The largest absolute Gasteiger partial charge is 0.495 e. The van der Waals surface area contributed by atoms with E-state index >= 15 is 0 Å². The van der Waals surface area contributed by atoms with Crippen molar-refractivity contribution in [2.24, 2.45) is 0 Å². The molecule has 0 aromatic heterocycles. The normalized spacial score (nSPS) is 10.8. The summed E-state index contributed by atoms with van der Waals surface area (Å²) < 4.78 is 5.27. The zero-order valence-corrected chi connectivity index (χ0v) is 22.0. The predicted octanol–water partition coefficient (Wildman–Crippen LogP) is 5.84. The first-order chi connectivity index (χ1) is 19.0. The Kier molecular flexibility index (Phi) is 9.52. The van der Waals surface area contributed by atoms with E-state index in [4.69, 9.17) is 4.74 Å². The molecule has 196 valence electrons. The summed E-state index contributed by atoms with van der Waals surface area (Å²) in [6.45, 7) is 0. The van der Waals surface area contributed by atoms with Crippen LogP contribution in [0.1, 0.15) is 15.9 Å². The molecule has 4 aromatic rings. The summed E-state index contributed by atoms with van der Waals surface area (Å²) in [5.74, 6) is -0.297. The number of ether oxygens (including phenoxy) is 1. The van der Waals surface area contributed by atoms with Gasteiger partial charge in [0.1, 0.15) is 11.4 Å². The molecule has 8 heteroatoms. The van der Waals surface area contributed by atoms with Crippen LogP contribution >= 0.6 is 11.8 Å². The van der Waals surface area contributed by atoms with Gasteiger partial charge in [-0.15, -0.1) is 11.8 Å². The van der Waals surface area contributed by atoms with Gasteiger partial charge in [-0.2, -0.15) is 0 Å². The third-order valence-corrected chi connectivity index (χ3v) is 6.48. The molecule has 0 aliphatic heterocycles. The number of methoxy groups -OCH3 is 1. The summed E-state index contributed by atoms with van der Waals surface area (Å²) in [6, 6.07) is 32.3. The van der Waals surface area contributed by atoms with Gasteiger partial charge in [-0.05, 0) is 54.1 Å². The summed E-state index contributed by atoms with van der Waals surface area (Å²) in [6.07, 6.45) is 1.62.